The number of amides is 2. The van der Waals surface area contributed by atoms with Crippen LogP contribution in [0.5, 0.6) is 0 Å². The Balaban J connectivity index is 1.87. The number of sulfonamides is 1. The highest BCUT2D eigenvalue weighted by molar-refractivity contribution is 7.88. The van der Waals surface area contributed by atoms with Crippen LogP contribution < -0.4 is 10.0 Å². The molecule has 1 aliphatic heterocycles. The molecule has 2 amide bonds. The number of hydrogen-bond acceptors (Lipinski definition) is 5. The minimum absolute atomic E-state index is 0.0999. The standard InChI is InChI=1S/C21H27N3O4S2/c1-22-20(26)21(10-6-11-24(15-21)19(25)14-23-30(2,27)28)13-16-7-3-4-8-17(16)18-9-5-12-29-18/h3-5,7-9,12,23H,6,10-11,13-15H2,1-2H3,(H,22,26)/t21-/m1/s1. The molecule has 2 aromatic rings. The monoisotopic (exact) mass is 449 g/mol. The Labute approximate surface area is 181 Å². The van der Waals surface area contributed by atoms with Crippen LogP contribution in [0.25, 0.3) is 10.4 Å². The van der Waals surface area contributed by atoms with Crippen LogP contribution in [-0.2, 0) is 26.0 Å². The average molecular weight is 450 g/mol. The number of likely N-dealkylation sites (tertiary alicyclic amines) is 1. The zero-order valence-electron chi connectivity index (χ0n) is 17.2. The Hall–Kier alpha value is -2.23. The molecule has 2 heterocycles. The molecule has 0 radical (unpaired) electrons. The van der Waals surface area contributed by atoms with Gasteiger partial charge in [0.15, 0.2) is 0 Å². The van der Waals surface area contributed by atoms with E-state index in [9.17, 15) is 18.0 Å². The third-order valence-corrected chi connectivity index (χ3v) is 7.03. The van der Waals surface area contributed by atoms with E-state index < -0.39 is 15.4 Å². The maximum atomic E-state index is 13.0. The van der Waals surface area contributed by atoms with Crippen molar-refractivity contribution in [1.29, 1.82) is 0 Å². The van der Waals surface area contributed by atoms with Gasteiger partial charge in [-0.3, -0.25) is 9.59 Å². The van der Waals surface area contributed by atoms with Crippen LogP contribution in [-0.4, -0.2) is 58.1 Å². The van der Waals surface area contributed by atoms with Crippen LogP contribution in [0.3, 0.4) is 0 Å². The van der Waals surface area contributed by atoms with E-state index in [2.05, 4.69) is 22.2 Å². The summed E-state index contributed by atoms with van der Waals surface area (Å²) in [4.78, 5) is 28.4. The molecule has 1 atom stereocenters. The van der Waals surface area contributed by atoms with Gasteiger partial charge < -0.3 is 10.2 Å². The van der Waals surface area contributed by atoms with E-state index in [1.165, 1.54) is 0 Å². The average Bonchev–Trinajstić information content (AvgIpc) is 3.26. The molecule has 3 rings (SSSR count). The first-order valence-electron chi connectivity index (χ1n) is 9.80. The van der Waals surface area contributed by atoms with Crippen molar-refractivity contribution in [2.24, 2.45) is 5.41 Å². The summed E-state index contributed by atoms with van der Waals surface area (Å²) in [5.41, 5.74) is 1.39. The second-order valence-electron chi connectivity index (χ2n) is 7.68. The third-order valence-electron chi connectivity index (χ3n) is 5.46. The van der Waals surface area contributed by atoms with Crippen molar-refractivity contribution < 1.29 is 18.0 Å². The molecule has 0 aliphatic carbocycles. The smallest absolute Gasteiger partial charge is 0.237 e. The van der Waals surface area contributed by atoms with Crippen molar-refractivity contribution in [3.05, 3.63) is 47.3 Å². The summed E-state index contributed by atoms with van der Waals surface area (Å²) in [7, 11) is -1.85. The topological polar surface area (TPSA) is 95.6 Å². The van der Waals surface area contributed by atoms with Gasteiger partial charge in [-0.15, -0.1) is 11.3 Å². The molecule has 1 aromatic carbocycles. The Bertz CT molecular complexity index is 1010. The zero-order valence-corrected chi connectivity index (χ0v) is 18.8. The van der Waals surface area contributed by atoms with E-state index in [0.717, 1.165) is 22.3 Å². The quantitative estimate of drug-likeness (QED) is 0.675. The molecule has 30 heavy (non-hydrogen) atoms. The van der Waals surface area contributed by atoms with E-state index in [4.69, 9.17) is 0 Å². The molecule has 1 fully saturated rings. The number of hydrogen-bond donors (Lipinski definition) is 2. The maximum absolute atomic E-state index is 13.0. The zero-order chi connectivity index (χ0) is 21.8. The first kappa shape index (κ1) is 22.5. The van der Waals surface area contributed by atoms with Crippen molar-refractivity contribution >= 4 is 33.2 Å². The van der Waals surface area contributed by atoms with E-state index in [0.29, 0.717) is 25.8 Å². The van der Waals surface area contributed by atoms with E-state index in [-0.39, 0.29) is 24.9 Å². The fourth-order valence-electron chi connectivity index (χ4n) is 4.04. The van der Waals surface area contributed by atoms with E-state index in [1.807, 2.05) is 29.6 Å². The number of nitrogens with zero attached hydrogens (tertiary/aromatic N) is 1. The molecule has 0 unspecified atom stereocenters. The van der Waals surface area contributed by atoms with Crippen LogP contribution >= 0.6 is 11.3 Å². The van der Waals surface area contributed by atoms with E-state index >= 15 is 0 Å². The second-order valence-corrected chi connectivity index (χ2v) is 10.5. The Kier molecular flexibility index (Phi) is 6.95. The maximum Gasteiger partial charge on any atom is 0.237 e. The number of thiophene rings is 1. The summed E-state index contributed by atoms with van der Waals surface area (Å²) < 4.78 is 24.9. The Morgan fingerprint density at radius 1 is 1.20 bits per heavy atom. The van der Waals surface area contributed by atoms with Gasteiger partial charge >= 0.3 is 0 Å². The number of benzene rings is 1. The van der Waals surface area contributed by atoms with Crippen molar-refractivity contribution in [1.82, 2.24) is 14.9 Å². The highest BCUT2D eigenvalue weighted by Gasteiger charge is 2.43. The molecule has 7 nitrogen and oxygen atoms in total. The number of carbonyl (C=O) groups excluding carboxylic acids is 2. The van der Waals surface area contributed by atoms with E-state index in [1.54, 1.807) is 23.3 Å². The number of rotatable bonds is 7. The lowest BCUT2D eigenvalue weighted by atomic mass is 9.73. The van der Waals surface area contributed by atoms with Gasteiger partial charge in [-0.05, 0) is 41.8 Å². The van der Waals surface area contributed by atoms with Gasteiger partial charge in [0.25, 0.3) is 0 Å². The minimum Gasteiger partial charge on any atom is -0.359 e. The predicted octanol–water partition coefficient (Wildman–Crippen LogP) is 1.86. The van der Waals surface area contributed by atoms with Gasteiger partial charge in [-0.25, -0.2) is 13.1 Å². The number of piperidine rings is 1. The lowest BCUT2D eigenvalue weighted by molar-refractivity contribution is -0.140. The van der Waals surface area contributed by atoms with Crippen molar-refractivity contribution in [3.63, 3.8) is 0 Å². The van der Waals surface area contributed by atoms with Crippen LogP contribution in [0.4, 0.5) is 0 Å². The third kappa shape index (κ3) is 5.27. The lowest BCUT2D eigenvalue weighted by Gasteiger charge is -2.42. The Morgan fingerprint density at radius 3 is 2.63 bits per heavy atom. The van der Waals surface area contributed by atoms with Crippen LogP contribution in [0.15, 0.2) is 41.8 Å². The molecule has 0 saturated carbocycles. The molecular weight excluding hydrogens is 422 g/mol. The van der Waals surface area contributed by atoms with Gasteiger partial charge in [-0.1, -0.05) is 30.3 Å². The van der Waals surface area contributed by atoms with Crippen LogP contribution in [0.2, 0.25) is 0 Å². The molecule has 1 aromatic heterocycles. The van der Waals surface area contributed by atoms with Gasteiger partial charge in [-0.2, -0.15) is 0 Å². The lowest BCUT2D eigenvalue weighted by Crippen LogP contribution is -2.55. The fourth-order valence-corrected chi connectivity index (χ4v) is 5.21. The first-order valence-corrected chi connectivity index (χ1v) is 12.6. The van der Waals surface area contributed by atoms with Crippen molar-refractivity contribution in [2.75, 3.05) is 32.9 Å². The second kappa shape index (κ2) is 9.28. The largest absolute Gasteiger partial charge is 0.359 e. The highest BCUT2D eigenvalue weighted by atomic mass is 32.2. The Morgan fingerprint density at radius 2 is 1.97 bits per heavy atom. The van der Waals surface area contributed by atoms with Gasteiger partial charge in [0, 0.05) is 25.0 Å². The molecule has 2 N–H and O–H groups in total. The normalized spacial score (nSPS) is 19.5. The number of nitrogens with one attached hydrogen (secondary N) is 2. The molecule has 0 bridgehead atoms. The highest BCUT2D eigenvalue weighted by Crippen LogP contribution is 2.38. The number of carbonyl (C=O) groups is 2. The predicted molar refractivity (Wildman–Crippen MR) is 119 cm³/mol. The minimum atomic E-state index is -3.46. The van der Waals surface area contributed by atoms with Crippen LogP contribution in [0, 0.1) is 5.41 Å². The van der Waals surface area contributed by atoms with Crippen LogP contribution in [0.1, 0.15) is 18.4 Å². The summed E-state index contributed by atoms with van der Waals surface area (Å²) >= 11 is 1.65. The SMILES string of the molecule is CNC(=O)[C@@]1(Cc2ccccc2-c2cccs2)CCCN(C(=O)CNS(C)(=O)=O)C1. The van der Waals surface area contributed by atoms with Gasteiger partial charge in [0.05, 0.1) is 18.2 Å². The summed E-state index contributed by atoms with van der Waals surface area (Å²) in [5, 5.41) is 4.80. The summed E-state index contributed by atoms with van der Waals surface area (Å²) in [6.07, 6.45) is 2.87. The van der Waals surface area contributed by atoms with Crippen molar-refractivity contribution in [2.45, 2.75) is 19.3 Å². The van der Waals surface area contributed by atoms with Gasteiger partial charge in [0.2, 0.25) is 21.8 Å². The van der Waals surface area contributed by atoms with Crippen molar-refractivity contribution in [3.8, 4) is 10.4 Å². The summed E-state index contributed by atoms with van der Waals surface area (Å²) in [6, 6.07) is 12.1. The molecule has 9 heteroatoms. The molecular formula is C21H27N3O4S2. The molecule has 1 saturated heterocycles. The van der Waals surface area contributed by atoms with Gasteiger partial charge in [0.1, 0.15) is 0 Å². The summed E-state index contributed by atoms with van der Waals surface area (Å²) in [6.45, 7) is 0.472. The molecule has 162 valence electrons. The fraction of sp³-hybridized carbons (Fsp3) is 0.429. The molecule has 0 spiro atoms. The first-order chi connectivity index (χ1) is 14.2. The molecule has 1 aliphatic rings. The summed E-state index contributed by atoms with van der Waals surface area (Å²) in [5.74, 6) is -0.419.